The summed E-state index contributed by atoms with van der Waals surface area (Å²) in [5.74, 6) is 2.18. The fourth-order valence-corrected chi connectivity index (χ4v) is 2.26. The van der Waals surface area contributed by atoms with Crippen molar-refractivity contribution in [2.45, 2.75) is 26.7 Å². The largest absolute Gasteiger partial charge is 0.368 e. The molecule has 0 aliphatic heterocycles. The van der Waals surface area contributed by atoms with Crippen LogP contribution in [0, 0.1) is 12.8 Å². The molecular formula is C15H20ClN3. The molecule has 4 heteroatoms. The van der Waals surface area contributed by atoms with Crippen LogP contribution < -0.4 is 5.32 Å². The average molecular weight is 278 g/mol. The first kappa shape index (κ1) is 14.1. The van der Waals surface area contributed by atoms with Crippen LogP contribution in [-0.4, -0.2) is 22.6 Å². The Balaban J connectivity index is 2.03. The Morgan fingerprint density at radius 3 is 2.68 bits per heavy atom. The molecule has 0 spiro atoms. The van der Waals surface area contributed by atoms with Crippen LogP contribution in [0.3, 0.4) is 0 Å². The summed E-state index contributed by atoms with van der Waals surface area (Å²) in [6, 6.07) is 8.23. The molecule has 0 fully saturated rings. The highest BCUT2D eigenvalue weighted by atomic mass is 35.5. The van der Waals surface area contributed by atoms with Crippen LogP contribution in [0.5, 0.6) is 0 Å². The van der Waals surface area contributed by atoms with Crippen molar-refractivity contribution in [3.63, 3.8) is 0 Å². The summed E-state index contributed by atoms with van der Waals surface area (Å²) in [7, 11) is 0. The second-order valence-corrected chi connectivity index (χ2v) is 5.32. The Hall–Kier alpha value is -1.35. The SMILES string of the molecule is Cc1nnc(NCCCC(C)CCl)c2ccccc12. The highest BCUT2D eigenvalue weighted by molar-refractivity contribution is 6.18. The monoisotopic (exact) mass is 277 g/mol. The van der Waals surface area contributed by atoms with Crippen molar-refractivity contribution in [1.29, 1.82) is 0 Å². The number of aromatic nitrogens is 2. The molecule has 1 heterocycles. The smallest absolute Gasteiger partial charge is 0.156 e. The van der Waals surface area contributed by atoms with Gasteiger partial charge in [0.05, 0.1) is 5.69 Å². The molecular weight excluding hydrogens is 258 g/mol. The van der Waals surface area contributed by atoms with Gasteiger partial charge in [-0.25, -0.2) is 0 Å². The standard InChI is InChI=1S/C15H20ClN3/c1-11(10-16)6-5-9-17-15-14-8-4-3-7-13(14)12(2)18-19-15/h3-4,7-8,11H,5-6,9-10H2,1-2H3,(H,17,19). The number of halogens is 1. The minimum absolute atomic E-state index is 0.573. The quantitative estimate of drug-likeness (QED) is 0.640. The molecule has 102 valence electrons. The highest BCUT2D eigenvalue weighted by Gasteiger charge is 2.05. The topological polar surface area (TPSA) is 37.8 Å². The minimum Gasteiger partial charge on any atom is -0.368 e. The van der Waals surface area contributed by atoms with Crippen molar-refractivity contribution in [3.8, 4) is 0 Å². The van der Waals surface area contributed by atoms with E-state index in [9.17, 15) is 0 Å². The van der Waals surface area contributed by atoms with Gasteiger partial charge in [0.1, 0.15) is 0 Å². The van der Waals surface area contributed by atoms with Gasteiger partial charge in [-0.1, -0.05) is 31.2 Å². The highest BCUT2D eigenvalue weighted by Crippen LogP contribution is 2.22. The first-order valence-electron chi connectivity index (χ1n) is 6.74. The van der Waals surface area contributed by atoms with Crippen LogP contribution in [0.25, 0.3) is 10.8 Å². The minimum atomic E-state index is 0.573. The summed E-state index contributed by atoms with van der Waals surface area (Å²) >= 11 is 5.80. The van der Waals surface area contributed by atoms with Crippen molar-refractivity contribution in [3.05, 3.63) is 30.0 Å². The summed E-state index contributed by atoms with van der Waals surface area (Å²) in [5, 5.41) is 14.1. The summed E-state index contributed by atoms with van der Waals surface area (Å²) in [4.78, 5) is 0. The number of hydrogen-bond donors (Lipinski definition) is 1. The van der Waals surface area contributed by atoms with Gasteiger partial charge in [0.25, 0.3) is 0 Å². The fraction of sp³-hybridized carbons (Fsp3) is 0.467. The van der Waals surface area contributed by atoms with E-state index < -0.39 is 0 Å². The Morgan fingerprint density at radius 1 is 1.21 bits per heavy atom. The lowest BCUT2D eigenvalue weighted by molar-refractivity contribution is 0.572. The molecule has 19 heavy (non-hydrogen) atoms. The Labute approximate surface area is 119 Å². The van der Waals surface area contributed by atoms with E-state index in [1.54, 1.807) is 0 Å². The zero-order valence-corrected chi connectivity index (χ0v) is 12.2. The number of aryl methyl sites for hydroxylation is 1. The molecule has 0 saturated heterocycles. The van der Waals surface area contributed by atoms with E-state index in [-0.39, 0.29) is 0 Å². The summed E-state index contributed by atoms with van der Waals surface area (Å²) in [5.41, 5.74) is 0.969. The third-order valence-electron chi connectivity index (χ3n) is 3.30. The maximum atomic E-state index is 5.80. The lowest BCUT2D eigenvalue weighted by Gasteiger charge is -2.10. The van der Waals surface area contributed by atoms with E-state index in [4.69, 9.17) is 11.6 Å². The zero-order valence-electron chi connectivity index (χ0n) is 11.5. The average Bonchev–Trinajstić information content (AvgIpc) is 2.45. The van der Waals surface area contributed by atoms with Crippen LogP contribution in [0.15, 0.2) is 24.3 Å². The lowest BCUT2D eigenvalue weighted by atomic mass is 10.1. The van der Waals surface area contributed by atoms with Gasteiger partial charge in [-0.15, -0.1) is 16.7 Å². The molecule has 0 amide bonds. The molecule has 2 rings (SSSR count). The Morgan fingerprint density at radius 2 is 1.95 bits per heavy atom. The summed E-state index contributed by atoms with van der Waals surface area (Å²) in [6.07, 6.45) is 2.23. The van der Waals surface area contributed by atoms with Crippen molar-refractivity contribution in [1.82, 2.24) is 10.2 Å². The number of hydrogen-bond acceptors (Lipinski definition) is 3. The van der Waals surface area contributed by atoms with Gasteiger partial charge in [-0.2, -0.15) is 5.10 Å². The molecule has 1 aromatic heterocycles. The third-order valence-corrected chi connectivity index (χ3v) is 3.83. The van der Waals surface area contributed by atoms with E-state index in [1.807, 2.05) is 19.1 Å². The van der Waals surface area contributed by atoms with E-state index in [2.05, 4.69) is 34.6 Å². The molecule has 0 bridgehead atoms. The molecule has 0 aliphatic carbocycles. The van der Waals surface area contributed by atoms with E-state index in [0.29, 0.717) is 5.92 Å². The van der Waals surface area contributed by atoms with Crippen molar-refractivity contribution in [2.24, 2.45) is 5.92 Å². The number of alkyl halides is 1. The van der Waals surface area contributed by atoms with Crippen LogP contribution >= 0.6 is 11.6 Å². The van der Waals surface area contributed by atoms with Crippen LogP contribution in [0.4, 0.5) is 5.82 Å². The first-order valence-corrected chi connectivity index (χ1v) is 7.27. The zero-order chi connectivity index (χ0) is 13.7. The summed E-state index contributed by atoms with van der Waals surface area (Å²) < 4.78 is 0. The third kappa shape index (κ3) is 3.57. The fourth-order valence-electron chi connectivity index (χ4n) is 2.10. The molecule has 1 aromatic carbocycles. The Kier molecular flexibility index (Phi) is 4.97. The van der Waals surface area contributed by atoms with Gasteiger partial charge in [0, 0.05) is 23.2 Å². The van der Waals surface area contributed by atoms with Crippen molar-refractivity contribution >= 4 is 28.2 Å². The van der Waals surface area contributed by atoms with E-state index in [1.165, 1.54) is 0 Å². The maximum Gasteiger partial charge on any atom is 0.156 e. The van der Waals surface area contributed by atoms with Gasteiger partial charge in [0.15, 0.2) is 5.82 Å². The molecule has 2 aromatic rings. The number of anilines is 1. The number of nitrogens with one attached hydrogen (secondary N) is 1. The second kappa shape index (κ2) is 6.71. The molecule has 1 N–H and O–H groups in total. The van der Waals surface area contributed by atoms with Crippen molar-refractivity contribution in [2.75, 3.05) is 17.7 Å². The normalized spacial score (nSPS) is 12.6. The predicted octanol–water partition coefficient (Wildman–Crippen LogP) is 4.01. The maximum absolute atomic E-state index is 5.80. The summed E-state index contributed by atoms with van der Waals surface area (Å²) in [6.45, 7) is 5.07. The van der Waals surface area contributed by atoms with Crippen LogP contribution in [-0.2, 0) is 0 Å². The van der Waals surface area contributed by atoms with E-state index >= 15 is 0 Å². The second-order valence-electron chi connectivity index (χ2n) is 5.01. The van der Waals surface area contributed by atoms with Gasteiger partial charge in [-0.05, 0) is 25.7 Å². The number of benzene rings is 1. The molecule has 1 unspecified atom stereocenters. The number of nitrogens with zero attached hydrogens (tertiary/aromatic N) is 2. The van der Waals surface area contributed by atoms with E-state index in [0.717, 1.165) is 47.6 Å². The van der Waals surface area contributed by atoms with Gasteiger partial charge in [-0.3, -0.25) is 0 Å². The number of fused-ring (bicyclic) bond motifs is 1. The Bertz CT molecular complexity index is 542. The molecule has 0 aliphatic rings. The van der Waals surface area contributed by atoms with Crippen LogP contribution in [0.1, 0.15) is 25.5 Å². The van der Waals surface area contributed by atoms with Gasteiger partial charge >= 0.3 is 0 Å². The lowest BCUT2D eigenvalue weighted by Crippen LogP contribution is -2.07. The van der Waals surface area contributed by atoms with Crippen LogP contribution in [0.2, 0.25) is 0 Å². The van der Waals surface area contributed by atoms with Gasteiger partial charge < -0.3 is 5.32 Å². The number of rotatable bonds is 6. The predicted molar refractivity (Wildman–Crippen MR) is 81.9 cm³/mol. The molecule has 3 nitrogen and oxygen atoms in total. The van der Waals surface area contributed by atoms with Crippen molar-refractivity contribution < 1.29 is 0 Å². The van der Waals surface area contributed by atoms with Gasteiger partial charge in [0.2, 0.25) is 0 Å². The molecule has 0 radical (unpaired) electrons. The molecule has 1 atom stereocenters. The molecule has 0 saturated carbocycles. The first-order chi connectivity index (χ1) is 9.22.